The Balaban J connectivity index is 2.62. The van der Waals surface area contributed by atoms with Crippen molar-refractivity contribution >= 4 is 23.4 Å². The summed E-state index contributed by atoms with van der Waals surface area (Å²) < 4.78 is 25.3. The number of nitro benzene ring substituents is 1. The second-order valence-electron chi connectivity index (χ2n) is 7.77. The van der Waals surface area contributed by atoms with Gasteiger partial charge in [0.05, 0.1) is 36.0 Å². The second-order valence-corrected chi connectivity index (χ2v) is 7.77. The summed E-state index contributed by atoms with van der Waals surface area (Å²) in [5.74, 6) is -2.75. The van der Waals surface area contributed by atoms with E-state index in [0.717, 1.165) is 23.2 Å². The van der Waals surface area contributed by atoms with E-state index >= 15 is 0 Å². The number of hydrogen-bond acceptors (Lipinski definition) is 9. The highest BCUT2D eigenvalue weighted by molar-refractivity contribution is 5.91. The molecule has 0 unspecified atom stereocenters. The molecule has 2 aromatic rings. The van der Waals surface area contributed by atoms with Crippen LogP contribution in [0.1, 0.15) is 36.8 Å². The van der Waals surface area contributed by atoms with E-state index in [2.05, 4.69) is 4.98 Å². The Labute approximate surface area is 187 Å². The molecule has 13 heteroatoms. The molecule has 0 aliphatic rings. The van der Waals surface area contributed by atoms with Crippen molar-refractivity contribution in [1.29, 1.82) is 0 Å². The van der Waals surface area contributed by atoms with Crippen LogP contribution in [-0.4, -0.2) is 55.8 Å². The number of pyridine rings is 1. The number of hydrogen-bond donors (Lipinski definition) is 3. The van der Waals surface area contributed by atoms with Crippen LogP contribution in [0, 0.1) is 15.9 Å². The number of nitrogens with zero attached hydrogens (tertiary/aromatic N) is 3. The van der Waals surface area contributed by atoms with E-state index < -0.39 is 53.0 Å². The van der Waals surface area contributed by atoms with Crippen molar-refractivity contribution in [3.05, 3.63) is 51.6 Å². The molecular formula is C20H23FN4O8. The quantitative estimate of drug-likeness (QED) is 0.297. The number of nitro groups is 1. The van der Waals surface area contributed by atoms with Gasteiger partial charge < -0.3 is 30.3 Å². The fourth-order valence-corrected chi connectivity index (χ4v) is 2.67. The maximum absolute atomic E-state index is 14.4. The van der Waals surface area contributed by atoms with Crippen molar-refractivity contribution < 1.29 is 38.6 Å². The zero-order valence-corrected chi connectivity index (χ0v) is 18.1. The number of halogens is 1. The summed E-state index contributed by atoms with van der Waals surface area (Å²) in [5, 5.41) is 29.5. The molecule has 0 spiro atoms. The number of non-ortho nitro benzene ring substituents is 1. The maximum atomic E-state index is 14.4. The average molecular weight is 466 g/mol. The van der Waals surface area contributed by atoms with Crippen molar-refractivity contribution in [2.45, 2.75) is 32.9 Å². The molecule has 0 bridgehead atoms. The summed E-state index contributed by atoms with van der Waals surface area (Å²) in [5.41, 5.74) is 3.87. The SMILES string of the molecule is CC(C)(C)OC(=O)c1ncc(N)c(Oc2ccc([N+](=O)[O-])cc2F)c1CN(CCO)C(=O)O. The summed E-state index contributed by atoms with van der Waals surface area (Å²) in [6.07, 6.45) is -0.368. The minimum atomic E-state index is -1.42. The van der Waals surface area contributed by atoms with Crippen LogP contribution in [0.5, 0.6) is 11.5 Å². The van der Waals surface area contributed by atoms with E-state index in [1.807, 2.05) is 0 Å². The minimum absolute atomic E-state index is 0.141. The molecule has 4 N–H and O–H groups in total. The lowest BCUT2D eigenvalue weighted by atomic mass is 10.1. The molecule has 0 saturated heterocycles. The Morgan fingerprint density at radius 2 is 2.00 bits per heavy atom. The van der Waals surface area contributed by atoms with Crippen molar-refractivity contribution in [2.24, 2.45) is 0 Å². The van der Waals surface area contributed by atoms with Crippen molar-refractivity contribution in [2.75, 3.05) is 18.9 Å². The monoisotopic (exact) mass is 466 g/mol. The van der Waals surface area contributed by atoms with Gasteiger partial charge in [-0.1, -0.05) is 0 Å². The van der Waals surface area contributed by atoms with E-state index in [-0.39, 0.29) is 29.2 Å². The number of ether oxygens (including phenoxy) is 2. The first-order chi connectivity index (χ1) is 15.3. The average Bonchev–Trinajstić information content (AvgIpc) is 2.69. The highest BCUT2D eigenvalue weighted by Crippen LogP contribution is 2.36. The molecule has 0 saturated carbocycles. The van der Waals surface area contributed by atoms with Gasteiger partial charge in [-0.2, -0.15) is 0 Å². The number of aliphatic hydroxyl groups excluding tert-OH is 1. The lowest BCUT2D eigenvalue weighted by molar-refractivity contribution is -0.385. The molecule has 1 heterocycles. The number of carbonyl (C=O) groups excluding carboxylic acids is 1. The van der Waals surface area contributed by atoms with E-state index in [1.165, 1.54) is 0 Å². The molecule has 178 valence electrons. The Bertz CT molecular complexity index is 1070. The van der Waals surface area contributed by atoms with Crippen LogP contribution >= 0.6 is 0 Å². The topological polar surface area (TPSA) is 178 Å². The summed E-state index contributed by atoms with van der Waals surface area (Å²) in [4.78, 5) is 39.1. The first-order valence-electron chi connectivity index (χ1n) is 9.55. The number of carboxylic acid groups (broad SMARTS) is 1. The van der Waals surface area contributed by atoms with Crippen LogP contribution in [0.2, 0.25) is 0 Å². The normalized spacial score (nSPS) is 11.1. The number of nitrogens with two attached hydrogens (primary N) is 1. The van der Waals surface area contributed by atoms with Gasteiger partial charge in [0.2, 0.25) is 0 Å². The first-order valence-corrected chi connectivity index (χ1v) is 9.55. The number of benzene rings is 1. The zero-order chi connectivity index (χ0) is 24.9. The number of nitrogen functional groups attached to an aromatic ring is 1. The number of amides is 1. The molecule has 0 fully saturated rings. The van der Waals surface area contributed by atoms with E-state index in [1.54, 1.807) is 20.8 Å². The Morgan fingerprint density at radius 3 is 2.52 bits per heavy atom. The number of carbonyl (C=O) groups is 2. The third-order valence-corrected chi connectivity index (χ3v) is 4.07. The molecule has 0 atom stereocenters. The summed E-state index contributed by atoms with van der Waals surface area (Å²) in [6, 6.07) is 2.63. The minimum Gasteiger partial charge on any atom is -0.465 e. The maximum Gasteiger partial charge on any atom is 0.407 e. The van der Waals surface area contributed by atoms with Crippen LogP contribution < -0.4 is 10.5 Å². The van der Waals surface area contributed by atoms with Gasteiger partial charge in [0.25, 0.3) is 5.69 Å². The molecule has 33 heavy (non-hydrogen) atoms. The fraction of sp³-hybridized carbons (Fsp3) is 0.350. The van der Waals surface area contributed by atoms with Gasteiger partial charge in [0.15, 0.2) is 23.0 Å². The smallest absolute Gasteiger partial charge is 0.407 e. The number of esters is 1. The number of rotatable bonds is 8. The van der Waals surface area contributed by atoms with E-state index in [0.29, 0.717) is 6.07 Å². The largest absolute Gasteiger partial charge is 0.465 e. The lowest BCUT2D eigenvalue weighted by Crippen LogP contribution is -2.33. The fourth-order valence-electron chi connectivity index (χ4n) is 2.67. The number of anilines is 1. The molecule has 1 aromatic heterocycles. The second kappa shape index (κ2) is 10.1. The molecule has 0 aliphatic carbocycles. The van der Waals surface area contributed by atoms with Crippen LogP contribution in [0.25, 0.3) is 0 Å². The van der Waals surface area contributed by atoms with E-state index in [4.69, 9.17) is 15.2 Å². The number of aromatic nitrogens is 1. The molecule has 12 nitrogen and oxygen atoms in total. The van der Waals surface area contributed by atoms with Crippen molar-refractivity contribution in [1.82, 2.24) is 9.88 Å². The lowest BCUT2D eigenvalue weighted by Gasteiger charge is -2.24. The standard InChI is InChI=1S/C20H23FN4O8/c1-20(2,3)33-18(27)16-12(10-24(6-7-26)19(28)29)17(14(22)9-23-16)32-15-5-4-11(25(30)31)8-13(15)21/h4-5,8-9,26H,6-7,10,22H2,1-3H3,(H,28,29). The van der Waals surface area contributed by atoms with Gasteiger partial charge in [-0.05, 0) is 26.8 Å². The summed E-state index contributed by atoms with van der Waals surface area (Å²) >= 11 is 0. The van der Waals surface area contributed by atoms with Gasteiger partial charge in [0, 0.05) is 18.2 Å². The summed E-state index contributed by atoms with van der Waals surface area (Å²) in [6.45, 7) is 3.50. The van der Waals surface area contributed by atoms with Crippen LogP contribution in [0.3, 0.4) is 0 Å². The first kappa shape index (κ1) is 25.3. The molecule has 1 amide bonds. The third kappa shape index (κ3) is 6.49. The van der Waals surface area contributed by atoms with Crippen molar-refractivity contribution in [3.63, 3.8) is 0 Å². The van der Waals surface area contributed by atoms with Gasteiger partial charge in [0.1, 0.15) is 5.60 Å². The van der Waals surface area contributed by atoms with Crippen LogP contribution in [0.15, 0.2) is 24.4 Å². The number of aliphatic hydroxyl groups is 1. The molecule has 0 aliphatic heterocycles. The molecule has 1 aromatic carbocycles. The molecule has 0 radical (unpaired) electrons. The highest BCUT2D eigenvalue weighted by Gasteiger charge is 2.28. The van der Waals surface area contributed by atoms with Gasteiger partial charge in [-0.25, -0.2) is 19.0 Å². The van der Waals surface area contributed by atoms with Crippen LogP contribution in [0.4, 0.5) is 20.6 Å². The van der Waals surface area contributed by atoms with E-state index in [9.17, 15) is 34.3 Å². The van der Waals surface area contributed by atoms with Gasteiger partial charge in [-0.15, -0.1) is 0 Å². The highest BCUT2D eigenvalue weighted by atomic mass is 19.1. The molecular weight excluding hydrogens is 443 g/mol. The Morgan fingerprint density at radius 1 is 1.33 bits per heavy atom. The predicted octanol–water partition coefficient (Wildman–Crippen LogP) is 2.93. The van der Waals surface area contributed by atoms with Gasteiger partial charge >= 0.3 is 12.1 Å². The van der Waals surface area contributed by atoms with Crippen LogP contribution in [-0.2, 0) is 11.3 Å². The van der Waals surface area contributed by atoms with Gasteiger partial charge in [-0.3, -0.25) is 10.1 Å². The molecule has 2 rings (SSSR count). The summed E-state index contributed by atoms with van der Waals surface area (Å²) in [7, 11) is 0. The third-order valence-electron chi connectivity index (χ3n) is 4.07. The zero-order valence-electron chi connectivity index (χ0n) is 18.1. The predicted molar refractivity (Wildman–Crippen MR) is 112 cm³/mol. The Hall–Kier alpha value is -4.00. The Kier molecular flexibility index (Phi) is 7.72. The van der Waals surface area contributed by atoms with Crippen molar-refractivity contribution in [3.8, 4) is 11.5 Å².